The highest BCUT2D eigenvalue weighted by Crippen LogP contribution is 2.22. The first kappa shape index (κ1) is 20.6. The maximum absolute atomic E-state index is 13.4. The first-order chi connectivity index (χ1) is 14.9. The first-order valence-electron chi connectivity index (χ1n) is 9.62. The Bertz CT molecular complexity index is 1400. The number of aromatic nitrogens is 2. The number of rotatable bonds is 5. The van der Waals surface area contributed by atoms with Gasteiger partial charge in [-0.1, -0.05) is 24.3 Å². The van der Waals surface area contributed by atoms with Gasteiger partial charge in [0, 0.05) is 12.7 Å². The fourth-order valence-corrected chi connectivity index (χ4v) is 4.31. The van der Waals surface area contributed by atoms with Gasteiger partial charge in [0.2, 0.25) is 5.91 Å². The largest absolute Gasteiger partial charge is 0.495 e. The Hall–Kier alpha value is -3.65. The van der Waals surface area contributed by atoms with Gasteiger partial charge in [0.05, 0.1) is 18.3 Å². The van der Waals surface area contributed by atoms with E-state index in [1.807, 2.05) is 31.2 Å². The van der Waals surface area contributed by atoms with Crippen molar-refractivity contribution >= 4 is 33.1 Å². The van der Waals surface area contributed by atoms with Crippen LogP contribution >= 0.6 is 11.3 Å². The second-order valence-corrected chi connectivity index (χ2v) is 8.02. The van der Waals surface area contributed by atoms with Crippen molar-refractivity contribution in [3.05, 3.63) is 86.4 Å². The molecular weight excluding hydrogens is 414 g/mol. The second-order valence-electron chi connectivity index (χ2n) is 7.11. The average molecular weight is 436 g/mol. The van der Waals surface area contributed by atoms with Gasteiger partial charge in [-0.05, 0) is 48.2 Å². The fourth-order valence-electron chi connectivity index (χ4n) is 3.49. The van der Waals surface area contributed by atoms with Crippen molar-refractivity contribution in [2.75, 3.05) is 19.1 Å². The number of hydrogen-bond acceptors (Lipinski definition) is 5. The number of ether oxygens (including phenoxy) is 1. The molecule has 7 nitrogen and oxygen atoms in total. The number of likely N-dealkylation sites (N-methyl/N-ethyl adjacent to an activating group) is 1. The summed E-state index contributed by atoms with van der Waals surface area (Å²) in [5.74, 6) is 0.123. The summed E-state index contributed by atoms with van der Waals surface area (Å²) in [6.45, 7) is 1.75. The SMILES string of the molecule is COc1ccccc1-n1c(=O)c2sccc2n(CC(=O)N(C)c2cccc(C)c2)c1=O. The third-order valence-corrected chi connectivity index (χ3v) is 6.03. The van der Waals surface area contributed by atoms with Crippen molar-refractivity contribution in [1.82, 2.24) is 9.13 Å². The molecule has 8 heteroatoms. The highest BCUT2D eigenvalue weighted by Gasteiger charge is 2.21. The van der Waals surface area contributed by atoms with Crippen LogP contribution in [0.1, 0.15) is 5.56 Å². The van der Waals surface area contributed by atoms with E-state index < -0.39 is 11.2 Å². The van der Waals surface area contributed by atoms with Gasteiger partial charge in [0.1, 0.15) is 17.0 Å². The summed E-state index contributed by atoms with van der Waals surface area (Å²) in [7, 11) is 3.15. The molecule has 0 aliphatic carbocycles. The molecule has 4 aromatic rings. The Balaban J connectivity index is 1.85. The predicted octanol–water partition coefficient (Wildman–Crippen LogP) is 3.19. The summed E-state index contributed by atoms with van der Waals surface area (Å²) in [5.41, 5.74) is 1.51. The second kappa shape index (κ2) is 8.23. The molecule has 0 unspecified atom stereocenters. The number of benzene rings is 2. The zero-order valence-corrected chi connectivity index (χ0v) is 18.2. The third kappa shape index (κ3) is 3.66. The molecule has 158 valence electrons. The first-order valence-corrected chi connectivity index (χ1v) is 10.5. The molecule has 0 spiro atoms. The number of nitrogens with zero attached hydrogens (tertiary/aromatic N) is 3. The van der Waals surface area contributed by atoms with Crippen LogP contribution in [-0.2, 0) is 11.3 Å². The quantitative estimate of drug-likeness (QED) is 0.483. The van der Waals surface area contributed by atoms with Gasteiger partial charge in [-0.3, -0.25) is 14.2 Å². The summed E-state index contributed by atoms with van der Waals surface area (Å²) >= 11 is 1.23. The van der Waals surface area contributed by atoms with E-state index in [0.717, 1.165) is 15.8 Å². The van der Waals surface area contributed by atoms with Gasteiger partial charge >= 0.3 is 5.69 Å². The van der Waals surface area contributed by atoms with E-state index in [-0.39, 0.29) is 12.5 Å². The van der Waals surface area contributed by atoms with Crippen LogP contribution in [0.4, 0.5) is 5.69 Å². The normalized spacial score (nSPS) is 10.9. The summed E-state index contributed by atoms with van der Waals surface area (Å²) in [4.78, 5) is 41.1. The van der Waals surface area contributed by atoms with Crippen molar-refractivity contribution in [2.24, 2.45) is 0 Å². The molecule has 0 N–H and O–H groups in total. The number of carbonyl (C=O) groups is 1. The Morgan fingerprint density at radius 3 is 2.61 bits per heavy atom. The minimum absolute atomic E-state index is 0.202. The topological polar surface area (TPSA) is 73.5 Å². The number of fused-ring (bicyclic) bond motifs is 1. The molecule has 0 aliphatic heterocycles. The van der Waals surface area contributed by atoms with Crippen LogP contribution in [0.25, 0.3) is 15.9 Å². The molecule has 0 radical (unpaired) electrons. The molecule has 1 amide bonds. The number of anilines is 1. The van der Waals surface area contributed by atoms with Crippen molar-refractivity contribution in [1.29, 1.82) is 0 Å². The lowest BCUT2D eigenvalue weighted by Crippen LogP contribution is -2.42. The van der Waals surface area contributed by atoms with E-state index in [9.17, 15) is 14.4 Å². The average Bonchev–Trinajstić information content (AvgIpc) is 3.26. The minimum atomic E-state index is -0.591. The lowest BCUT2D eigenvalue weighted by Gasteiger charge is -2.19. The molecule has 2 aromatic heterocycles. The van der Waals surface area contributed by atoms with E-state index in [2.05, 4.69) is 0 Å². The zero-order chi connectivity index (χ0) is 22.1. The maximum atomic E-state index is 13.4. The van der Waals surface area contributed by atoms with Crippen LogP contribution in [0.15, 0.2) is 69.6 Å². The molecule has 0 aliphatic rings. The van der Waals surface area contributed by atoms with Crippen molar-refractivity contribution in [3.8, 4) is 11.4 Å². The fraction of sp³-hybridized carbons (Fsp3) is 0.174. The standard InChI is InChI=1S/C23H21N3O4S/c1-15-7-6-8-16(13-15)24(2)20(27)14-25-18-11-12-31-21(18)22(28)26(23(25)29)17-9-4-5-10-19(17)30-3/h4-13H,14H2,1-3H3. The highest BCUT2D eigenvalue weighted by molar-refractivity contribution is 7.17. The Kier molecular flexibility index (Phi) is 5.48. The van der Waals surface area contributed by atoms with E-state index in [0.29, 0.717) is 21.7 Å². The van der Waals surface area contributed by atoms with E-state index in [4.69, 9.17) is 4.74 Å². The summed E-state index contributed by atoms with van der Waals surface area (Å²) in [5, 5.41) is 1.74. The predicted molar refractivity (Wildman–Crippen MR) is 123 cm³/mol. The van der Waals surface area contributed by atoms with Gasteiger partial charge in [0.15, 0.2) is 0 Å². The number of para-hydroxylation sites is 2. The Labute approximate surface area is 182 Å². The minimum Gasteiger partial charge on any atom is -0.495 e. The molecule has 2 aromatic carbocycles. The number of hydrogen-bond donors (Lipinski definition) is 0. The van der Waals surface area contributed by atoms with Crippen LogP contribution in [0.5, 0.6) is 5.75 Å². The number of carbonyl (C=O) groups excluding carboxylic acids is 1. The molecular formula is C23H21N3O4S. The zero-order valence-electron chi connectivity index (χ0n) is 17.4. The number of thiophene rings is 1. The van der Waals surface area contributed by atoms with Gasteiger partial charge in [0.25, 0.3) is 5.56 Å². The molecule has 0 bridgehead atoms. The molecule has 0 saturated carbocycles. The molecule has 0 atom stereocenters. The maximum Gasteiger partial charge on any atom is 0.336 e. The summed E-state index contributed by atoms with van der Waals surface area (Å²) < 4.78 is 8.16. The third-order valence-electron chi connectivity index (χ3n) is 5.14. The van der Waals surface area contributed by atoms with Gasteiger partial charge in [-0.2, -0.15) is 0 Å². The Morgan fingerprint density at radius 1 is 1.10 bits per heavy atom. The van der Waals surface area contributed by atoms with E-state index >= 15 is 0 Å². The molecule has 0 fully saturated rings. The Morgan fingerprint density at radius 2 is 1.87 bits per heavy atom. The van der Waals surface area contributed by atoms with Gasteiger partial charge in [-0.15, -0.1) is 11.3 Å². The van der Waals surface area contributed by atoms with E-state index in [1.165, 1.54) is 27.9 Å². The van der Waals surface area contributed by atoms with Gasteiger partial charge < -0.3 is 9.64 Å². The van der Waals surface area contributed by atoms with E-state index in [1.54, 1.807) is 42.8 Å². The highest BCUT2D eigenvalue weighted by atomic mass is 32.1. The lowest BCUT2D eigenvalue weighted by atomic mass is 10.2. The van der Waals surface area contributed by atoms with Crippen molar-refractivity contribution < 1.29 is 9.53 Å². The van der Waals surface area contributed by atoms with Crippen LogP contribution in [0.2, 0.25) is 0 Å². The smallest absolute Gasteiger partial charge is 0.336 e. The van der Waals surface area contributed by atoms with Crippen molar-refractivity contribution in [3.63, 3.8) is 0 Å². The lowest BCUT2D eigenvalue weighted by molar-refractivity contribution is -0.118. The van der Waals surface area contributed by atoms with Crippen LogP contribution in [0.3, 0.4) is 0 Å². The monoisotopic (exact) mass is 435 g/mol. The van der Waals surface area contributed by atoms with Crippen LogP contribution in [0, 0.1) is 6.92 Å². The van der Waals surface area contributed by atoms with Crippen LogP contribution < -0.4 is 20.9 Å². The molecule has 0 saturated heterocycles. The van der Waals surface area contributed by atoms with Gasteiger partial charge in [-0.25, -0.2) is 9.36 Å². The summed E-state index contributed by atoms with van der Waals surface area (Å²) in [6.07, 6.45) is 0. The number of amides is 1. The molecule has 4 rings (SSSR count). The van der Waals surface area contributed by atoms with Crippen molar-refractivity contribution in [2.45, 2.75) is 13.5 Å². The molecule has 2 heterocycles. The van der Waals surface area contributed by atoms with Crippen LogP contribution in [-0.4, -0.2) is 29.2 Å². The number of aryl methyl sites for hydroxylation is 1. The molecule has 31 heavy (non-hydrogen) atoms. The summed E-state index contributed by atoms with van der Waals surface area (Å²) in [6, 6.07) is 16.1. The number of methoxy groups -OCH3 is 1.